The highest BCUT2D eigenvalue weighted by atomic mass is 127. The first kappa shape index (κ1) is 30.4. The summed E-state index contributed by atoms with van der Waals surface area (Å²) in [4.78, 5) is 12.7. The number of benzene rings is 3. The fourth-order valence-corrected chi connectivity index (χ4v) is 5.21. The van der Waals surface area contributed by atoms with Gasteiger partial charge in [0.25, 0.3) is 5.91 Å². The molecule has 0 aliphatic heterocycles. The Morgan fingerprint density at radius 2 is 1.74 bits per heavy atom. The first-order chi connectivity index (χ1) is 15.6. The van der Waals surface area contributed by atoms with Gasteiger partial charge in [0.05, 0.1) is 21.1 Å². The summed E-state index contributed by atoms with van der Waals surface area (Å²) < 4.78 is 1.43. The van der Waals surface area contributed by atoms with E-state index < -0.39 is 11.8 Å². The number of phenols is 1. The molecular formula is C24H23Cl2I2N3O3. The molecule has 0 saturated heterocycles. The molecule has 0 heterocycles. The maximum atomic E-state index is 12.7. The zero-order chi connectivity index (χ0) is 24.7. The monoisotopic (exact) mass is 725 g/mol. The topological polar surface area (TPSA) is 128 Å². The first-order valence-electron chi connectivity index (χ1n) is 9.68. The van der Waals surface area contributed by atoms with Gasteiger partial charge in [0, 0.05) is 25.9 Å². The number of rotatable bonds is 4. The Labute approximate surface area is 236 Å². The van der Waals surface area contributed by atoms with E-state index in [0.29, 0.717) is 24.9 Å². The van der Waals surface area contributed by atoms with Crippen LogP contribution >= 0.6 is 68.4 Å². The number of halogens is 4. The molecule has 1 unspecified atom stereocenters. The zero-order valence-corrected chi connectivity index (χ0v) is 24.2. The molecule has 0 bridgehead atoms. The predicted molar refractivity (Wildman–Crippen MR) is 154 cm³/mol. The molecule has 0 aliphatic carbocycles. The lowest BCUT2D eigenvalue weighted by molar-refractivity contribution is 0.102. The molecule has 0 saturated carbocycles. The van der Waals surface area contributed by atoms with E-state index in [9.17, 15) is 15.2 Å². The number of carbonyl (C=O) groups excluding carboxylic acids is 1. The smallest absolute Gasteiger partial charge is 0.259 e. The van der Waals surface area contributed by atoms with Crippen molar-refractivity contribution in [2.24, 2.45) is 0 Å². The summed E-state index contributed by atoms with van der Waals surface area (Å²) in [5.41, 5.74) is 2.86. The lowest BCUT2D eigenvalue weighted by Gasteiger charge is -2.16. The Bertz CT molecular complexity index is 1200. The van der Waals surface area contributed by atoms with Gasteiger partial charge in [0.2, 0.25) is 0 Å². The lowest BCUT2D eigenvalue weighted by Crippen LogP contribution is -2.14. The van der Waals surface area contributed by atoms with Gasteiger partial charge in [-0.15, -0.1) is 0 Å². The van der Waals surface area contributed by atoms with Crippen LogP contribution in [0.5, 0.6) is 5.75 Å². The summed E-state index contributed by atoms with van der Waals surface area (Å²) in [6.45, 7) is 3.75. The molecular weight excluding hydrogens is 703 g/mol. The van der Waals surface area contributed by atoms with E-state index in [1.54, 1.807) is 55.5 Å². The molecule has 1 atom stereocenters. The average Bonchev–Trinajstić information content (AvgIpc) is 2.76. The minimum atomic E-state index is -0.570. The molecule has 3 aromatic rings. The molecule has 0 aliphatic rings. The van der Waals surface area contributed by atoms with E-state index in [1.165, 1.54) is 0 Å². The van der Waals surface area contributed by atoms with E-state index >= 15 is 0 Å². The number of aliphatic hydroxyl groups is 1. The molecule has 3 rings (SSSR count). The van der Waals surface area contributed by atoms with E-state index in [2.05, 4.69) is 34.0 Å². The minimum absolute atomic E-state index is 0. The number of nitrogens with one attached hydrogen (secondary N) is 1. The SMILES string of the molecule is CCO.Cc1cc(C(C#N)c2ccc(Cl)cc2)c(Cl)cc1NC(=O)c1cc(I)cc(I)c1O.N. The van der Waals surface area contributed by atoms with Gasteiger partial charge in [-0.1, -0.05) is 41.4 Å². The van der Waals surface area contributed by atoms with Crippen LogP contribution in [-0.4, -0.2) is 22.7 Å². The van der Waals surface area contributed by atoms with Crippen molar-refractivity contribution in [1.29, 1.82) is 5.26 Å². The second-order valence-corrected chi connectivity index (χ2v) is 10.1. The molecule has 6 nitrogen and oxygen atoms in total. The van der Waals surface area contributed by atoms with Gasteiger partial charge < -0.3 is 21.7 Å². The van der Waals surface area contributed by atoms with Gasteiger partial charge in [-0.2, -0.15) is 5.26 Å². The molecule has 0 fully saturated rings. The van der Waals surface area contributed by atoms with Crippen molar-refractivity contribution in [2.75, 3.05) is 11.9 Å². The van der Waals surface area contributed by atoms with Crippen molar-refractivity contribution < 1.29 is 15.0 Å². The van der Waals surface area contributed by atoms with Crippen molar-refractivity contribution in [2.45, 2.75) is 19.8 Å². The highest BCUT2D eigenvalue weighted by Crippen LogP contribution is 2.35. The normalized spacial score (nSPS) is 10.8. The highest BCUT2D eigenvalue weighted by molar-refractivity contribution is 14.1. The summed E-state index contributed by atoms with van der Waals surface area (Å²) in [5.74, 6) is -1.08. The number of amides is 1. The van der Waals surface area contributed by atoms with Crippen molar-refractivity contribution >= 4 is 80.0 Å². The number of aryl methyl sites for hydroxylation is 1. The largest absolute Gasteiger partial charge is 0.506 e. The molecule has 0 aromatic heterocycles. The molecule has 6 N–H and O–H groups in total. The number of hydrogen-bond acceptors (Lipinski definition) is 5. The Morgan fingerprint density at radius 1 is 1.15 bits per heavy atom. The molecule has 34 heavy (non-hydrogen) atoms. The predicted octanol–water partition coefficient (Wildman–Crippen LogP) is 7.29. The number of phenolic OH excluding ortho intramolecular Hbond substituents is 1. The summed E-state index contributed by atoms with van der Waals surface area (Å²) in [5, 5.41) is 31.3. The standard InChI is InChI=1S/C22H14Cl2I2N2O2.C2H6O.H3N/c1-11-6-15(17(10-27)12-2-4-13(23)5-3-12)18(24)9-20(11)28-22(30)16-7-14(25)8-19(26)21(16)29;1-2-3;/h2-9,17,29H,1H3,(H,28,30);3H,2H2,1H3;1H3. The summed E-state index contributed by atoms with van der Waals surface area (Å²) in [6.07, 6.45) is 0. The van der Waals surface area contributed by atoms with Gasteiger partial charge in [-0.3, -0.25) is 4.79 Å². The fourth-order valence-electron chi connectivity index (χ4n) is 2.97. The third-order valence-electron chi connectivity index (χ3n) is 4.51. The maximum Gasteiger partial charge on any atom is 0.259 e. The number of anilines is 1. The highest BCUT2D eigenvalue weighted by Gasteiger charge is 2.20. The van der Waals surface area contributed by atoms with Crippen LogP contribution in [0.15, 0.2) is 48.5 Å². The molecule has 3 aromatic carbocycles. The van der Waals surface area contributed by atoms with E-state index in [-0.39, 0.29) is 24.1 Å². The molecule has 0 spiro atoms. The molecule has 10 heteroatoms. The minimum Gasteiger partial charge on any atom is -0.506 e. The van der Waals surface area contributed by atoms with E-state index in [1.807, 2.05) is 29.5 Å². The van der Waals surface area contributed by atoms with Crippen LogP contribution in [0.1, 0.15) is 39.9 Å². The van der Waals surface area contributed by atoms with Gasteiger partial charge in [0.1, 0.15) is 5.75 Å². The van der Waals surface area contributed by atoms with Crippen molar-refractivity contribution in [1.82, 2.24) is 6.15 Å². The molecule has 0 radical (unpaired) electrons. The summed E-state index contributed by atoms with van der Waals surface area (Å²) in [7, 11) is 0. The van der Waals surface area contributed by atoms with Crippen LogP contribution in [0.4, 0.5) is 5.69 Å². The zero-order valence-electron chi connectivity index (χ0n) is 18.4. The van der Waals surface area contributed by atoms with Crippen LogP contribution in [0.3, 0.4) is 0 Å². The number of aliphatic hydroxyl groups excluding tert-OH is 1. The molecule has 1 amide bonds. The van der Waals surface area contributed by atoms with Gasteiger partial charge in [0.15, 0.2) is 0 Å². The average molecular weight is 726 g/mol. The molecule has 180 valence electrons. The second kappa shape index (κ2) is 14.1. The Kier molecular flexibility index (Phi) is 12.6. The van der Waals surface area contributed by atoms with Gasteiger partial charge in [-0.25, -0.2) is 0 Å². The number of hydrogen-bond donors (Lipinski definition) is 4. The summed E-state index contributed by atoms with van der Waals surface area (Å²) >= 11 is 16.5. The number of carbonyl (C=O) groups is 1. The lowest BCUT2D eigenvalue weighted by atomic mass is 9.91. The van der Waals surface area contributed by atoms with E-state index in [0.717, 1.165) is 14.7 Å². The van der Waals surface area contributed by atoms with Crippen molar-refractivity contribution in [3.63, 3.8) is 0 Å². The number of aromatic hydroxyl groups is 1. The van der Waals surface area contributed by atoms with Gasteiger partial charge >= 0.3 is 0 Å². The van der Waals surface area contributed by atoms with Crippen LogP contribution in [-0.2, 0) is 0 Å². The first-order valence-corrected chi connectivity index (χ1v) is 12.6. The van der Waals surface area contributed by atoms with Gasteiger partial charge in [-0.05, 0) is 106 Å². The van der Waals surface area contributed by atoms with Crippen LogP contribution in [0.25, 0.3) is 0 Å². The van der Waals surface area contributed by atoms with Crippen LogP contribution < -0.4 is 11.5 Å². The third-order valence-corrected chi connectivity index (χ3v) is 6.53. The Balaban J connectivity index is 0.00000137. The van der Waals surface area contributed by atoms with Crippen LogP contribution in [0.2, 0.25) is 10.0 Å². The number of nitrogens with zero attached hydrogens (tertiary/aromatic N) is 1. The quantitative estimate of drug-likeness (QED) is 0.210. The van der Waals surface area contributed by atoms with Crippen LogP contribution in [0, 0.1) is 25.4 Å². The third kappa shape index (κ3) is 7.69. The number of nitriles is 1. The van der Waals surface area contributed by atoms with Crippen molar-refractivity contribution in [3.05, 3.63) is 88.0 Å². The van der Waals surface area contributed by atoms with E-state index in [4.69, 9.17) is 28.3 Å². The Hall–Kier alpha value is -1.62. The Morgan fingerprint density at radius 3 is 2.29 bits per heavy atom. The maximum absolute atomic E-state index is 12.7. The summed E-state index contributed by atoms with van der Waals surface area (Å²) in [6, 6.07) is 16.1. The van der Waals surface area contributed by atoms with Crippen molar-refractivity contribution in [3.8, 4) is 11.8 Å². The second-order valence-electron chi connectivity index (χ2n) is 6.86. The fraction of sp³-hybridized carbons (Fsp3) is 0.167.